The van der Waals surface area contributed by atoms with E-state index in [0.717, 1.165) is 0 Å². The zero-order valence-corrected chi connectivity index (χ0v) is 8.01. The zero-order chi connectivity index (χ0) is 11.3. The topological polar surface area (TPSA) is 88.0 Å². The second kappa shape index (κ2) is 4.45. The molecular formula is C11H10N2O2. The molecule has 4 nitrogen and oxygen atoms in total. The van der Waals surface area contributed by atoms with E-state index in [0.29, 0.717) is 5.56 Å². The van der Waals surface area contributed by atoms with E-state index in [1.165, 1.54) is 6.07 Å². The summed E-state index contributed by atoms with van der Waals surface area (Å²) >= 11 is 0. The van der Waals surface area contributed by atoms with Crippen molar-refractivity contribution in [1.82, 2.24) is 0 Å². The molecule has 0 aromatic heterocycles. The summed E-state index contributed by atoms with van der Waals surface area (Å²) in [4.78, 5) is 0. The molecule has 0 aliphatic heterocycles. The van der Waals surface area contributed by atoms with Gasteiger partial charge in [-0.25, -0.2) is 0 Å². The van der Waals surface area contributed by atoms with Crippen molar-refractivity contribution in [3.63, 3.8) is 0 Å². The van der Waals surface area contributed by atoms with Crippen LogP contribution in [0.15, 0.2) is 24.3 Å². The highest BCUT2D eigenvalue weighted by molar-refractivity contribution is 5.34. The van der Waals surface area contributed by atoms with Crippen LogP contribution in [0.4, 0.5) is 0 Å². The van der Waals surface area contributed by atoms with Crippen LogP contribution in [0.25, 0.3) is 0 Å². The molecule has 0 spiro atoms. The van der Waals surface area contributed by atoms with Crippen molar-refractivity contribution in [3.8, 4) is 17.9 Å². The fourth-order valence-corrected chi connectivity index (χ4v) is 1.25. The maximum Gasteiger partial charge on any atom is 0.168 e. The normalized spacial score (nSPS) is 13.5. The molecule has 4 heteroatoms. The quantitative estimate of drug-likeness (QED) is 0.718. The van der Waals surface area contributed by atoms with Crippen LogP contribution < -0.4 is 0 Å². The number of nitriles is 2. The molecule has 1 aromatic rings. The first-order valence-corrected chi connectivity index (χ1v) is 4.39. The molecule has 0 aliphatic rings. The number of para-hydroxylation sites is 1. The van der Waals surface area contributed by atoms with E-state index in [-0.39, 0.29) is 18.6 Å². The Hall–Kier alpha value is -2.04. The van der Waals surface area contributed by atoms with Crippen molar-refractivity contribution < 1.29 is 10.2 Å². The van der Waals surface area contributed by atoms with Crippen molar-refractivity contribution >= 4 is 0 Å². The smallest absolute Gasteiger partial charge is 0.168 e. The summed E-state index contributed by atoms with van der Waals surface area (Å²) in [5.74, 6) is 0.0177. The lowest BCUT2D eigenvalue weighted by Gasteiger charge is -2.16. The Morgan fingerprint density at radius 2 is 1.93 bits per heavy atom. The number of phenolic OH excluding ortho intramolecular Hbond substituents is 1. The summed E-state index contributed by atoms with van der Waals surface area (Å²) in [7, 11) is 0. The molecule has 1 unspecified atom stereocenters. The molecule has 0 saturated heterocycles. The van der Waals surface area contributed by atoms with Gasteiger partial charge in [-0.1, -0.05) is 18.2 Å². The lowest BCUT2D eigenvalue weighted by molar-refractivity contribution is 0.104. The van der Waals surface area contributed by atoms with Crippen molar-refractivity contribution in [2.45, 2.75) is 18.4 Å². The number of aromatic hydroxyl groups is 1. The molecule has 0 amide bonds. The number of rotatable bonds is 3. The number of nitrogens with zero attached hydrogens (tertiary/aromatic N) is 2. The Bertz CT molecular complexity index is 431. The Balaban J connectivity index is 2.91. The van der Waals surface area contributed by atoms with Gasteiger partial charge in [-0.2, -0.15) is 10.5 Å². The first kappa shape index (κ1) is 11.0. The van der Waals surface area contributed by atoms with Crippen LogP contribution in [-0.4, -0.2) is 15.8 Å². The average molecular weight is 202 g/mol. The molecule has 2 N–H and O–H groups in total. The minimum Gasteiger partial charge on any atom is -0.508 e. The van der Waals surface area contributed by atoms with Crippen LogP contribution in [-0.2, 0) is 6.42 Å². The van der Waals surface area contributed by atoms with Crippen molar-refractivity contribution in [3.05, 3.63) is 29.8 Å². The van der Waals surface area contributed by atoms with E-state index < -0.39 is 5.60 Å². The summed E-state index contributed by atoms with van der Waals surface area (Å²) < 4.78 is 0. The summed E-state index contributed by atoms with van der Waals surface area (Å²) in [5.41, 5.74) is -1.27. The van der Waals surface area contributed by atoms with Gasteiger partial charge in [0.15, 0.2) is 5.60 Å². The maximum absolute atomic E-state index is 9.70. The zero-order valence-electron chi connectivity index (χ0n) is 8.01. The van der Waals surface area contributed by atoms with E-state index in [9.17, 15) is 10.2 Å². The molecule has 1 rings (SSSR count). The van der Waals surface area contributed by atoms with Gasteiger partial charge in [-0.3, -0.25) is 0 Å². The van der Waals surface area contributed by atoms with Gasteiger partial charge < -0.3 is 10.2 Å². The number of hydrogen-bond donors (Lipinski definition) is 2. The second-order valence-corrected chi connectivity index (χ2v) is 3.28. The number of phenols is 1. The van der Waals surface area contributed by atoms with Crippen LogP contribution in [0.1, 0.15) is 12.0 Å². The van der Waals surface area contributed by atoms with Gasteiger partial charge in [0.25, 0.3) is 0 Å². The molecule has 1 atom stereocenters. The Labute approximate surface area is 87.6 Å². The van der Waals surface area contributed by atoms with E-state index in [1.54, 1.807) is 30.3 Å². The standard InChI is InChI=1S/C11H10N2O2/c12-6-5-11(15,8-13)7-9-3-1-2-4-10(9)14/h1-4,14-15H,5,7H2. The first-order chi connectivity index (χ1) is 7.11. The van der Waals surface area contributed by atoms with Gasteiger partial charge in [-0.15, -0.1) is 0 Å². The lowest BCUT2D eigenvalue weighted by Crippen LogP contribution is -2.28. The predicted molar refractivity (Wildman–Crippen MR) is 52.6 cm³/mol. The molecular weight excluding hydrogens is 192 g/mol. The Kier molecular flexibility index (Phi) is 3.28. The van der Waals surface area contributed by atoms with E-state index in [1.807, 2.05) is 0 Å². The van der Waals surface area contributed by atoms with Crippen LogP contribution in [0.3, 0.4) is 0 Å². The van der Waals surface area contributed by atoms with Gasteiger partial charge in [-0.05, 0) is 11.6 Å². The van der Waals surface area contributed by atoms with E-state index in [4.69, 9.17) is 10.5 Å². The molecule has 0 heterocycles. The third-order valence-electron chi connectivity index (χ3n) is 2.05. The van der Waals surface area contributed by atoms with Crippen molar-refractivity contribution in [1.29, 1.82) is 10.5 Å². The largest absolute Gasteiger partial charge is 0.508 e. The molecule has 0 fully saturated rings. The fraction of sp³-hybridized carbons (Fsp3) is 0.273. The Morgan fingerprint density at radius 3 is 2.47 bits per heavy atom. The summed E-state index contributed by atoms with van der Waals surface area (Å²) in [6.45, 7) is 0. The lowest BCUT2D eigenvalue weighted by atomic mass is 9.93. The highest BCUT2D eigenvalue weighted by Crippen LogP contribution is 2.23. The van der Waals surface area contributed by atoms with Crippen LogP contribution >= 0.6 is 0 Å². The Morgan fingerprint density at radius 1 is 1.27 bits per heavy atom. The van der Waals surface area contributed by atoms with E-state index in [2.05, 4.69) is 0 Å². The maximum atomic E-state index is 9.70. The van der Waals surface area contributed by atoms with Gasteiger partial charge >= 0.3 is 0 Å². The molecule has 0 aliphatic carbocycles. The van der Waals surface area contributed by atoms with Gasteiger partial charge in [0.2, 0.25) is 0 Å². The van der Waals surface area contributed by atoms with E-state index >= 15 is 0 Å². The van der Waals surface area contributed by atoms with Crippen LogP contribution in [0, 0.1) is 22.7 Å². The second-order valence-electron chi connectivity index (χ2n) is 3.28. The first-order valence-electron chi connectivity index (χ1n) is 4.39. The SMILES string of the molecule is N#CCC(O)(C#N)Cc1ccccc1O. The summed E-state index contributed by atoms with van der Waals surface area (Å²) in [6, 6.07) is 9.84. The average Bonchev–Trinajstić information content (AvgIpc) is 2.22. The molecule has 0 radical (unpaired) electrons. The molecule has 76 valence electrons. The number of aliphatic hydroxyl groups is 1. The third kappa shape index (κ3) is 2.70. The minimum absolute atomic E-state index is 0.0177. The minimum atomic E-state index is -1.73. The van der Waals surface area contributed by atoms with Crippen molar-refractivity contribution in [2.24, 2.45) is 0 Å². The van der Waals surface area contributed by atoms with Gasteiger partial charge in [0.05, 0.1) is 18.6 Å². The molecule has 1 aromatic carbocycles. The van der Waals surface area contributed by atoms with Gasteiger partial charge in [0, 0.05) is 6.42 Å². The van der Waals surface area contributed by atoms with Gasteiger partial charge in [0.1, 0.15) is 5.75 Å². The predicted octanol–water partition coefficient (Wildman–Crippen LogP) is 1.10. The summed E-state index contributed by atoms with van der Waals surface area (Å²) in [5, 5.41) is 36.3. The highest BCUT2D eigenvalue weighted by atomic mass is 16.3. The van der Waals surface area contributed by atoms with Crippen molar-refractivity contribution in [2.75, 3.05) is 0 Å². The molecule has 0 saturated carbocycles. The monoisotopic (exact) mass is 202 g/mol. The molecule has 15 heavy (non-hydrogen) atoms. The third-order valence-corrected chi connectivity index (χ3v) is 2.05. The number of hydrogen-bond acceptors (Lipinski definition) is 4. The highest BCUT2D eigenvalue weighted by Gasteiger charge is 2.27. The molecule has 0 bridgehead atoms. The van der Waals surface area contributed by atoms with Crippen LogP contribution in [0.5, 0.6) is 5.75 Å². The summed E-state index contributed by atoms with van der Waals surface area (Å²) in [6.07, 6.45) is -0.332. The van der Waals surface area contributed by atoms with Crippen LogP contribution in [0.2, 0.25) is 0 Å². The number of benzene rings is 1. The fourth-order valence-electron chi connectivity index (χ4n) is 1.25.